The van der Waals surface area contributed by atoms with Crippen molar-refractivity contribution in [3.05, 3.63) is 230 Å². The molecule has 322 valence electrons. The van der Waals surface area contributed by atoms with E-state index in [1.807, 2.05) is 97.1 Å². The van der Waals surface area contributed by atoms with Crippen molar-refractivity contribution in [3.8, 4) is 73.3 Å². The van der Waals surface area contributed by atoms with Crippen LogP contribution in [0.25, 0.3) is 111 Å². The van der Waals surface area contributed by atoms with Gasteiger partial charge in [-0.15, -0.1) is 0 Å². The summed E-state index contributed by atoms with van der Waals surface area (Å²) >= 11 is 0. The van der Waals surface area contributed by atoms with Gasteiger partial charge in [-0.25, -0.2) is 0 Å². The van der Waals surface area contributed by atoms with Gasteiger partial charge in [0.1, 0.15) is 0 Å². The quantitative estimate of drug-likeness (QED) is 0.160. The van der Waals surface area contributed by atoms with Crippen molar-refractivity contribution in [2.45, 2.75) is 6.18 Å². The molecule has 12 rings (SSSR count). The Bertz CT molecular complexity index is 3970. The Morgan fingerprint density at radius 1 is 0.382 bits per heavy atom. The van der Waals surface area contributed by atoms with Crippen LogP contribution in [0.5, 0.6) is 0 Å². The highest BCUT2D eigenvalue weighted by atomic mass is 19.4. The van der Waals surface area contributed by atoms with E-state index in [9.17, 15) is 18.4 Å². The van der Waals surface area contributed by atoms with Crippen LogP contribution in [-0.2, 0) is 6.18 Å². The highest BCUT2D eigenvalue weighted by Crippen LogP contribution is 2.45. The predicted molar refractivity (Wildman–Crippen MR) is 268 cm³/mol. The van der Waals surface area contributed by atoms with E-state index in [0.717, 1.165) is 94.4 Å². The lowest BCUT2D eigenvalue weighted by atomic mass is 9.94. The maximum absolute atomic E-state index is 14.9. The summed E-state index contributed by atoms with van der Waals surface area (Å²) in [6.45, 7) is 0. The van der Waals surface area contributed by atoms with Crippen LogP contribution in [0.4, 0.5) is 13.2 Å². The number of nitrogens with zero attached hydrogens (tertiary/aromatic N) is 5. The number of pyridine rings is 2. The summed E-state index contributed by atoms with van der Waals surface area (Å²) in [5.41, 5.74) is 11.7. The molecule has 0 N–H and O–H groups in total. The second-order valence-corrected chi connectivity index (χ2v) is 16.7. The fraction of sp³-hybridized carbons (Fsp3) is 0.0167. The van der Waals surface area contributed by atoms with Gasteiger partial charge in [-0.2, -0.15) is 18.4 Å². The third-order valence-corrected chi connectivity index (χ3v) is 12.9. The molecule has 5 nitrogen and oxygen atoms in total. The topological polar surface area (TPSA) is 59.4 Å². The van der Waals surface area contributed by atoms with Crippen LogP contribution >= 0.6 is 0 Å². The maximum Gasteiger partial charge on any atom is 0.417 e. The zero-order chi connectivity index (χ0) is 45.9. The number of alkyl halides is 3. The molecule has 0 fully saturated rings. The Labute approximate surface area is 388 Å². The molecule has 12 aromatic rings. The summed E-state index contributed by atoms with van der Waals surface area (Å²) < 4.78 is 49.0. The second-order valence-electron chi connectivity index (χ2n) is 16.7. The molecular formula is C60H36F3N5. The van der Waals surface area contributed by atoms with E-state index in [4.69, 9.17) is 9.97 Å². The lowest BCUT2D eigenvalue weighted by molar-refractivity contribution is -0.137. The molecule has 4 aromatic heterocycles. The number of hydrogen-bond donors (Lipinski definition) is 0. The molecule has 0 aliphatic heterocycles. The number of benzene rings is 8. The van der Waals surface area contributed by atoms with Gasteiger partial charge in [0.05, 0.1) is 62.0 Å². The minimum absolute atomic E-state index is 0.0741. The average Bonchev–Trinajstić information content (AvgIpc) is 3.90. The Balaban J connectivity index is 1.15. The first-order chi connectivity index (χ1) is 33.4. The number of halogens is 3. The Morgan fingerprint density at radius 2 is 0.824 bits per heavy atom. The molecular weight excluding hydrogens is 848 g/mol. The van der Waals surface area contributed by atoms with Crippen molar-refractivity contribution < 1.29 is 13.2 Å². The van der Waals surface area contributed by atoms with Crippen molar-refractivity contribution in [2.75, 3.05) is 0 Å². The van der Waals surface area contributed by atoms with Crippen LogP contribution in [0.15, 0.2) is 219 Å². The van der Waals surface area contributed by atoms with Gasteiger partial charge in [0.25, 0.3) is 0 Å². The fourth-order valence-corrected chi connectivity index (χ4v) is 9.94. The van der Waals surface area contributed by atoms with Gasteiger partial charge in [0, 0.05) is 61.8 Å². The summed E-state index contributed by atoms with van der Waals surface area (Å²) in [5, 5.41) is 14.8. The van der Waals surface area contributed by atoms with E-state index >= 15 is 0 Å². The first-order valence-electron chi connectivity index (χ1n) is 22.2. The van der Waals surface area contributed by atoms with E-state index in [2.05, 4.69) is 88.0 Å². The van der Waals surface area contributed by atoms with Gasteiger partial charge >= 0.3 is 6.18 Å². The lowest BCUT2D eigenvalue weighted by Gasteiger charge is -2.21. The second kappa shape index (κ2) is 16.1. The van der Waals surface area contributed by atoms with Gasteiger partial charge in [0.15, 0.2) is 0 Å². The smallest absolute Gasteiger partial charge is 0.307 e. The number of para-hydroxylation sites is 2. The molecule has 0 unspecified atom stereocenters. The van der Waals surface area contributed by atoms with E-state index in [1.54, 1.807) is 30.6 Å². The number of rotatable bonds is 7. The number of fused-ring (bicyclic) bond motifs is 6. The molecule has 0 atom stereocenters. The van der Waals surface area contributed by atoms with Crippen molar-refractivity contribution in [1.82, 2.24) is 19.1 Å². The molecule has 68 heavy (non-hydrogen) atoms. The number of nitriles is 1. The first kappa shape index (κ1) is 40.4. The van der Waals surface area contributed by atoms with Crippen LogP contribution in [0.2, 0.25) is 0 Å². The molecule has 8 heteroatoms. The normalized spacial score (nSPS) is 11.7. The third kappa shape index (κ3) is 6.63. The molecule has 8 aromatic carbocycles. The lowest BCUT2D eigenvalue weighted by Crippen LogP contribution is -2.09. The van der Waals surface area contributed by atoms with E-state index in [1.165, 1.54) is 12.1 Å². The molecule has 0 bridgehead atoms. The van der Waals surface area contributed by atoms with Crippen molar-refractivity contribution in [2.24, 2.45) is 0 Å². The largest absolute Gasteiger partial charge is 0.417 e. The summed E-state index contributed by atoms with van der Waals surface area (Å²) in [6.07, 6.45) is -1.07. The van der Waals surface area contributed by atoms with Crippen molar-refractivity contribution >= 4 is 43.6 Å². The first-order valence-corrected chi connectivity index (χ1v) is 22.2. The van der Waals surface area contributed by atoms with Crippen LogP contribution in [0.1, 0.15) is 11.1 Å². The summed E-state index contributed by atoms with van der Waals surface area (Å²) in [7, 11) is 0. The van der Waals surface area contributed by atoms with Gasteiger partial charge in [-0.3, -0.25) is 9.97 Å². The van der Waals surface area contributed by atoms with Gasteiger partial charge in [-0.05, 0) is 83.4 Å². The summed E-state index contributed by atoms with van der Waals surface area (Å²) in [4.78, 5) is 9.62. The highest BCUT2D eigenvalue weighted by molar-refractivity contribution is 6.13. The molecule has 0 spiro atoms. The van der Waals surface area contributed by atoms with Crippen LogP contribution in [0.3, 0.4) is 0 Å². The summed E-state index contributed by atoms with van der Waals surface area (Å²) in [6, 6.07) is 68.4. The van der Waals surface area contributed by atoms with Crippen LogP contribution in [-0.4, -0.2) is 19.1 Å². The molecule has 0 amide bonds. The van der Waals surface area contributed by atoms with E-state index < -0.39 is 11.7 Å². The fourth-order valence-electron chi connectivity index (χ4n) is 9.94. The molecule has 0 saturated carbocycles. The predicted octanol–water partition coefficient (Wildman–Crippen LogP) is 15.9. The zero-order valence-electron chi connectivity index (χ0n) is 36.2. The van der Waals surface area contributed by atoms with Crippen molar-refractivity contribution in [1.29, 1.82) is 5.26 Å². The van der Waals surface area contributed by atoms with E-state index in [-0.39, 0.29) is 16.7 Å². The minimum atomic E-state index is -4.67. The maximum atomic E-state index is 14.9. The van der Waals surface area contributed by atoms with Gasteiger partial charge < -0.3 is 9.13 Å². The molecule has 0 radical (unpaired) electrons. The average molecular weight is 884 g/mol. The monoisotopic (exact) mass is 883 g/mol. The van der Waals surface area contributed by atoms with Gasteiger partial charge in [-0.1, -0.05) is 140 Å². The molecule has 4 heterocycles. The van der Waals surface area contributed by atoms with Gasteiger partial charge in [0.2, 0.25) is 0 Å². The standard InChI is InChI=1S/C60H36F3N5/c61-60(62,63)51-24-10-7-19-45(51)48-36-57(68-53-26-12-9-21-47(53)50-34-41(28-30-55(50)68)44-23-14-32-66-59(44)39-17-5-2-6-18-39)56(35-42(48)37-64)67-52-25-11-8-20-46(52)49-33-40(27-29-54(49)67)43-22-13-31-65-58(43)38-15-3-1-4-16-38/h1-36H. The Kier molecular flexibility index (Phi) is 9.59. The molecule has 0 aliphatic carbocycles. The van der Waals surface area contributed by atoms with Crippen LogP contribution < -0.4 is 0 Å². The highest BCUT2D eigenvalue weighted by Gasteiger charge is 2.34. The SMILES string of the molecule is N#Cc1cc(-n2c3ccccc3c3cc(-c4cccnc4-c4ccccc4)ccc32)c(-n2c3ccccc3c3cc(-c4cccnc4-c4ccccc4)ccc32)cc1-c1ccccc1C(F)(F)F. The Morgan fingerprint density at radius 3 is 1.34 bits per heavy atom. The van der Waals surface area contributed by atoms with E-state index in [0.29, 0.717) is 11.4 Å². The number of aromatic nitrogens is 4. The molecule has 0 saturated heterocycles. The number of hydrogen-bond acceptors (Lipinski definition) is 3. The zero-order valence-corrected chi connectivity index (χ0v) is 36.2. The van der Waals surface area contributed by atoms with Crippen molar-refractivity contribution in [3.63, 3.8) is 0 Å². The minimum Gasteiger partial charge on any atom is -0.307 e. The molecule has 0 aliphatic rings. The van der Waals surface area contributed by atoms with Crippen LogP contribution in [0, 0.1) is 11.3 Å². The summed E-state index contributed by atoms with van der Waals surface area (Å²) in [5.74, 6) is 0. The Hall–Kier alpha value is -9.06. The third-order valence-electron chi connectivity index (χ3n) is 12.9.